The molecule has 2 aliphatic carbocycles. The maximum atomic E-state index is 14.7. The first kappa shape index (κ1) is 16.8. The van der Waals surface area contributed by atoms with Gasteiger partial charge in [-0.15, -0.1) is 0 Å². The Labute approximate surface area is 137 Å². The molecule has 0 heterocycles. The highest BCUT2D eigenvalue weighted by molar-refractivity contribution is 5.19. The maximum absolute atomic E-state index is 14.7. The number of alkyl halides is 2. The fraction of sp³-hybridized carbons (Fsp3) is 0.684. The molecule has 23 heavy (non-hydrogen) atoms. The van der Waals surface area contributed by atoms with E-state index in [0.29, 0.717) is 12.8 Å². The van der Waals surface area contributed by atoms with Crippen LogP contribution in [0.5, 0.6) is 0 Å². The van der Waals surface area contributed by atoms with Gasteiger partial charge in [-0.25, -0.2) is 8.78 Å². The SMILES string of the molecule is C[C@H](c1ccccc1)N(C1CCCC1)[C@@H]1[C@@H](O)CCCC1(F)F. The number of halogens is 2. The lowest BCUT2D eigenvalue weighted by Crippen LogP contribution is -2.59. The zero-order valence-corrected chi connectivity index (χ0v) is 13.8. The second kappa shape index (κ2) is 6.86. The van der Waals surface area contributed by atoms with E-state index in [4.69, 9.17) is 0 Å². The molecular formula is C19H27F2NO. The van der Waals surface area contributed by atoms with Crippen LogP contribution in [0.3, 0.4) is 0 Å². The van der Waals surface area contributed by atoms with Crippen LogP contribution in [0.1, 0.15) is 63.5 Å². The van der Waals surface area contributed by atoms with E-state index in [9.17, 15) is 13.9 Å². The van der Waals surface area contributed by atoms with Crippen LogP contribution in [-0.2, 0) is 0 Å². The normalized spacial score (nSPS) is 29.8. The topological polar surface area (TPSA) is 23.5 Å². The Morgan fingerprint density at radius 2 is 1.74 bits per heavy atom. The summed E-state index contributed by atoms with van der Waals surface area (Å²) in [6.07, 6.45) is 3.93. The van der Waals surface area contributed by atoms with Gasteiger partial charge in [0.1, 0.15) is 6.04 Å². The summed E-state index contributed by atoms with van der Waals surface area (Å²) in [7, 11) is 0. The van der Waals surface area contributed by atoms with Crippen molar-refractivity contribution < 1.29 is 13.9 Å². The van der Waals surface area contributed by atoms with Crippen LogP contribution < -0.4 is 0 Å². The minimum atomic E-state index is -2.82. The molecule has 0 radical (unpaired) electrons. The molecule has 2 nitrogen and oxygen atoms in total. The summed E-state index contributed by atoms with van der Waals surface area (Å²) in [5.41, 5.74) is 1.05. The number of hydrogen-bond donors (Lipinski definition) is 1. The van der Waals surface area contributed by atoms with Crippen LogP contribution in [0.15, 0.2) is 30.3 Å². The van der Waals surface area contributed by atoms with Gasteiger partial charge >= 0.3 is 0 Å². The molecule has 0 saturated heterocycles. The molecule has 3 rings (SSSR count). The minimum absolute atomic E-state index is 0.108. The Morgan fingerprint density at radius 3 is 2.35 bits per heavy atom. The van der Waals surface area contributed by atoms with E-state index < -0.39 is 18.1 Å². The summed E-state index contributed by atoms with van der Waals surface area (Å²) in [4.78, 5) is 1.95. The molecule has 0 aromatic heterocycles. The molecule has 3 atom stereocenters. The van der Waals surface area contributed by atoms with Crippen LogP contribution in [0.2, 0.25) is 0 Å². The second-order valence-electron chi connectivity index (χ2n) is 7.14. The van der Waals surface area contributed by atoms with Gasteiger partial charge in [-0.1, -0.05) is 43.2 Å². The van der Waals surface area contributed by atoms with E-state index in [-0.39, 0.29) is 18.5 Å². The van der Waals surface area contributed by atoms with Crippen molar-refractivity contribution in [3.63, 3.8) is 0 Å². The molecule has 0 unspecified atom stereocenters. The molecule has 0 amide bonds. The van der Waals surface area contributed by atoms with E-state index in [1.54, 1.807) is 0 Å². The standard InChI is InChI=1S/C19H27F2NO/c1-14(15-8-3-2-4-9-15)22(16-10-5-6-11-16)18-17(23)12-7-13-19(18,20)21/h2-4,8-9,14,16-18,23H,5-7,10-13H2,1H3/t14-,17+,18-/m1/s1. The predicted octanol–water partition coefficient (Wildman–Crippen LogP) is 4.54. The monoisotopic (exact) mass is 323 g/mol. The zero-order valence-electron chi connectivity index (χ0n) is 13.8. The average molecular weight is 323 g/mol. The molecule has 2 saturated carbocycles. The van der Waals surface area contributed by atoms with Gasteiger partial charge in [0.15, 0.2) is 0 Å². The largest absolute Gasteiger partial charge is 0.391 e. The Bertz CT molecular complexity index is 501. The van der Waals surface area contributed by atoms with Gasteiger partial charge < -0.3 is 5.11 Å². The zero-order chi connectivity index (χ0) is 16.4. The first-order chi connectivity index (χ1) is 11.0. The van der Waals surface area contributed by atoms with Crippen LogP contribution in [-0.4, -0.2) is 34.1 Å². The summed E-state index contributed by atoms with van der Waals surface area (Å²) in [5.74, 6) is -2.82. The highest BCUT2D eigenvalue weighted by Gasteiger charge is 2.52. The first-order valence-corrected chi connectivity index (χ1v) is 8.89. The third kappa shape index (κ3) is 3.43. The molecule has 2 fully saturated rings. The Balaban J connectivity index is 1.94. The molecule has 4 heteroatoms. The Morgan fingerprint density at radius 1 is 1.09 bits per heavy atom. The van der Waals surface area contributed by atoms with Crippen LogP contribution in [0, 0.1) is 0 Å². The van der Waals surface area contributed by atoms with Gasteiger partial charge in [-0.2, -0.15) is 0 Å². The average Bonchev–Trinajstić information content (AvgIpc) is 3.05. The van der Waals surface area contributed by atoms with Gasteiger partial charge in [0.05, 0.1) is 6.10 Å². The van der Waals surface area contributed by atoms with Crippen LogP contribution in [0.25, 0.3) is 0 Å². The van der Waals surface area contributed by atoms with E-state index in [2.05, 4.69) is 0 Å². The number of aliphatic hydroxyl groups excluding tert-OH is 1. The first-order valence-electron chi connectivity index (χ1n) is 8.89. The molecular weight excluding hydrogens is 296 g/mol. The lowest BCUT2D eigenvalue weighted by Gasteiger charge is -2.48. The number of aliphatic hydroxyl groups is 1. The van der Waals surface area contributed by atoms with Crippen LogP contribution >= 0.6 is 0 Å². The van der Waals surface area contributed by atoms with Gasteiger partial charge in [0.2, 0.25) is 0 Å². The van der Waals surface area contributed by atoms with E-state index >= 15 is 0 Å². The summed E-state index contributed by atoms with van der Waals surface area (Å²) >= 11 is 0. The van der Waals surface area contributed by atoms with Crippen molar-refractivity contribution in [1.29, 1.82) is 0 Å². The molecule has 0 bridgehead atoms. The third-order valence-corrected chi connectivity index (χ3v) is 5.60. The van der Waals surface area contributed by atoms with E-state index in [0.717, 1.165) is 31.2 Å². The fourth-order valence-corrected chi connectivity index (χ4v) is 4.44. The van der Waals surface area contributed by atoms with Crippen LogP contribution in [0.4, 0.5) is 8.78 Å². The van der Waals surface area contributed by atoms with Crippen molar-refractivity contribution in [2.75, 3.05) is 0 Å². The summed E-state index contributed by atoms with van der Waals surface area (Å²) < 4.78 is 29.4. The third-order valence-electron chi connectivity index (χ3n) is 5.60. The quantitative estimate of drug-likeness (QED) is 0.879. The van der Waals surface area contributed by atoms with Crippen molar-refractivity contribution in [1.82, 2.24) is 4.90 Å². The van der Waals surface area contributed by atoms with Gasteiger partial charge in [-0.05, 0) is 38.2 Å². The molecule has 1 aromatic carbocycles. The molecule has 1 aromatic rings. The molecule has 2 aliphatic rings. The van der Waals surface area contributed by atoms with Gasteiger partial charge in [0.25, 0.3) is 5.92 Å². The fourth-order valence-electron chi connectivity index (χ4n) is 4.44. The number of benzene rings is 1. The predicted molar refractivity (Wildman–Crippen MR) is 87.5 cm³/mol. The van der Waals surface area contributed by atoms with Crippen molar-refractivity contribution in [3.05, 3.63) is 35.9 Å². The lowest BCUT2D eigenvalue weighted by molar-refractivity contribution is -0.168. The van der Waals surface area contributed by atoms with Gasteiger partial charge in [0, 0.05) is 18.5 Å². The summed E-state index contributed by atoms with van der Waals surface area (Å²) in [5, 5.41) is 10.4. The summed E-state index contributed by atoms with van der Waals surface area (Å²) in [6, 6.07) is 8.83. The highest BCUT2D eigenvalue weighted by Crippen LogP contribution is 2.43. The second-order valence-corrected chi connectivity index (χ2v) is 7.14. The van der Waals surface area contributed by atoms with Crippen molar-refractivity contribution >= 4 is 0 Å². The highest BCUT2D eigenvalue weighted by atomic mass is 19.3. The molecule has 0 spiro atoms. The Kier molecular flexibility index (Phi) is 5.02. The minimum Gasteiger partial charge on any atom is -0.391 e. The maximum Gasteiger partial charge on any atom is 0.265 e. The number of nitrogens with zero attached hydrogens (tertiary/aromatic N) is 1. The summed E-state index contributed by atoms with van der Waals surface area (Å²) in [6.45, 7) is 2.01. The lowest BCUT2D eigenvalue weighted by atomic mass is 9.85. The Hall–Kier alpha value is -1.00. The van der Waals surface area contributed by atoms with E-state index in [1.807, 2.05) is 42.2 Å². The van der Waals surface area contributed by atoms with E-state index in [1.165, 1.54) is 0 Å². The molecule has 0 aliphatic heterocycles. The van der Waals surface area contributed by atoms with Crippen molar-refractivity contribution in [2.24, 2.45) is 0 Å². The number of hydrogen-bond acceptors (Lipinski definition) is 2. The van der Waals surface area contributed by atoms with Crippen molar-refractivity contribution in [3.8, 4) is 0 Å². The molecule has 1 N–H and O–H groups in total. The number of rotatable bonds is 4. The van der Waals surface area contributed by atoms with Crippen molar-refractivity contribution in [2.45, 2.75) is 82.0 Å². The van der Waals surface area contributed by atoms with Gasteiger partial charge in [-0.3, -0.25) is 4.90 Å². The molecule has 128 valence electrons. The smallest absolute Gasteiger partial charge is 0.265 e.